The molecule has 3 rings (SSSR count). The van der Waals surface area contributed by atoms with Crippen molar-refractivity contribution in [3.05, 3.63) is 54.0 Å². The average molecular weight is 398 g/mol. The van der Waals surface area contributed by atoms with Crippen LogP contribution in [0.3, 0.4) is 0 Å². The van der Waals surface area contributed by atoms with Crippen molar-refractivity contribution < 1.29 is 13.8 Å². The van der Waals surface area contributed by atoms with Crippen molar-refractivity contribution in [2.75, 3.05) is 11.9 Å². The van der Waals surface area contributed by atoms with Crippen LogP contribution in [0.25, 0.3) is 16.6 Å². The number of anilines is 2. The van der Waals surface area contributed by atoms with Crippen LogP contribution in [0.1, 0.15) is 30.9 Å². The molecule has 3 aromatic heterocycles. The van der Waals surface area contributed by atoms with Crippen molar-refractivity contribution in [3.63, 3.8) is 0 Å². The fourth-order valence-electron chi connectivity index (χ4n) is 2.61. The number of halogens is 2. The van der Waals surface area contributed by atoms with E-state index < -0.39 is 13.0 Å². The Bertz CT molecular complexity index is 1050. The zero-order chi connectivity index (χ0) is 20.8. The fraction of sp³-hybridized carbons (Fsp3) is 0.250. The Hall–Kier alpha value is -3.49. The van der Waals surface area contributed by atoms with Crippen molar-refractivity contribution >= 4 is 34.5 Å². The Balaban J connectivity index is 1.87. The molecule has 0 atom stereocenters. The van der Waals surface area contributed by atoms with E-state index in [1.807, 2.05) is 12.1 Å². The van der Waals surface area contributed by atoms with E-state index in [1.165, 1.54) is 12.4 Å². The number of alkyl halides is 2. The lowest BCUT2D eigenvalue weighted by Crippen LogP contribution is -2.71. The Morgan fingerprint density at radius 1 is 1.17 bits per heavy atom. The second kappa shape index (κ2) is 9.13. The number of hydrogen-bond acceptors (Lipinski definition) is 6. The zero-order valence-electron chi connectivity index (χ0n) is 16.1. The first-order chi connectivity index (χ1) is 14.0. The lowest BCUT2D eigenvalue weighted by atomic mass is 10.1. The van der Waals surface area contributed by atoms with Gasteiger partial charge in [-0.1, -0.05) is 13.8 Å². The Morgan fingerprint density at radius 3 is 2.72 bits per heavy atom. The van der Waals surface area contributed by atoms with Gasteiger partial charge in [-0.05, 0) is 35.7 Å². The van der Waals surface area contributed by atoms with Gasteiger partial charge in [0, 0.05) is 18.0 Å². The largest absolute Gasteiger partial charge is 0.404 e. The molecule has 0 saturated heterocycles. The van der Waals surface area contributed by atoms with Gasteiger partial charge in [0.25, 0.3) is 6.43 Å². The molecule has 0 spiro atoms. The smallest absolute Gasteiger partial charge is 0.295 e. The van der Waals surface area contributed by atoms with Gasteiger partial charge in [0.05, 0.1) is 22.8 Å². The molecule has 0 aromatic carbocycles. The number of fused-ring (bicyclic) bond motifs is 1. The Morgan fingerprint density at radius 2 is 2.00 bits per heavy atom. The van der Waals surface area contributed by atoms with E-state index in [0.717, 1.165) is 5.56 Å². The number of allylic oxidation sites excluding steroid dienone is 1. The third-order valence-electron chi connectivity index (χ3n) is 4.18. The van der Waals surface area contributed by atoms with Gasteiger partial charge in [-0.3, -0.25) is 4.98 Å². The number of nitrogens with two attached hydrogens (primary N) is 1. The molecular weight excluding hydrogens is 376 g/mol. The molecule has 0 unspecified atom stereocenters. The van der Waals surface area contributed by atoms with Gasteiger partial charge in [0.15, 0.2) is 12.0 Å². The van der Waals surface area contributed by atoms with E-state index in [4.69, 9.17) is 5.73 Å². The summed E-state index contributed by atoms with van der Waals surface area (Å²) < 4.78 is 24.6. The predicted molar refractivity (Wildman–Crippen MR) is 109 cm³/mol. The first-order valence-electron chi connectivity index (χ1n) is 9.09. The lowest BCUT2D eigenvalue weighted by Gasteiger charge is -2.09. The van der Waals surface area contributed by atoms with Gasteiger partial charge < -0.3 is 11.1 Å². The third-order valence-corrected chi connectivity index (χ3v) is 4.18. The summed E-state index contributed by atoms with van der Waals surface area (Å²) in [5, 5.41) is 11.2. The highest BCUT2D eigenvalue weighted by Gasteiger charge is 2.09. The molecule has 0 aliphatic carbocycles. The SMILES string of the molecule is CC(C)c1cnnc(Nc2ccc3ncc(C(C=[NH+]CC(F)F)=CN)cc3n2)c1. The molecule has 150 valence electrons. The first-order valence-corrected chi connectivity index (χ1v) is 9.09. The summed E-state index contributed by atoms with van der Waals surface area (Å²) in [7, 11) is 0. The van der Waals surface area contributed by atoms with Crippen LogP contribution in [0.2, 0.25) is 0 Å². The molecule has 29 heavy (non-hydrogen) atoms. The van der Waals surface area contributed by atoms with E-state index in [1.54, 1.807) is 24.5 Å². The normalized spacial score (nSPS) is 12.4. The monoisotopic (exact) mass is 398 g/mol. The number of pyridine rings is 2. The molecule has 3 aromatic rings. The van der Waals surface area contributed by atoms with Crippen molar-refractivity contribution in [1.82, 2.24) is 20.2 Å². The molecule has 0 saturated carbocycles. The molecule has 0 fully saturated rings. The quantitative estimate of drug-likeness (QED) is 0.526. The summed E-state index contributed by atoms with van der Waals surface area (Å²) in [6.07, 6.45) is 3.67. The summed E-state index contributed by atoms with van der Waals surface area (Å²) in [6, 6.07) is 7.35. The minimum Gasteiger partial charge on any atom is -0.404 e. The molecule has 0 radical (unpaired) electrons. The number of hydrogen-bond donors (Lipinski definition) is 3. The first kappa shape index (κ1) is 20.2. The molecule has 0 aliphatic rings. The van der Waals surface area contributed by atoms with Crippen LogP contribution in [0.4, 0.5) is 20.4 Å². The van der Waals surface area contributed by atoms with Gasteiger partial charge in [0.1, 0.15) is 5.82 Å². The van der Waals surface area contributed by atoms with Gasteiger partial charge >= 0.3 is 0 Å². The number of nitrogens with zero attached hydrogens (tertiary/aromatic N) is 4. The van der Waals surface area contributed by atoms with Gasteiger partial charge in [0.2, 0.25) is 6.54 Å². The van der Waals surface area contributed by atoms with Gasteiger partial charge in [-0.2, -0.15) is 5.10 Å². The van der Waals surface area contributed by atoms with E-state index in [-0.39, 0.29) is 0 Å². The predicted octanol–water partition coefficient (Wildman–Crippen LogP) is 2.00. The van der Waals surface area contributed by atoms with Crippen LogP contribution >= 0.6 is 0 Å². The number of nitrogens with one attached hydrogen (secondary N) is 2. The summed E-state index contributed by atoms with van der Waals surface area (Å²) in [4.78, 5) is 11.5. The Labute approximate surface area is 166 Å². The molecular formula is C20H22F2N7+. The second-order valence-electron chi connectivity index (χ2n) is 6.68. The minimum absolute atomic E-state index is 0.332. The zero-order valence-corrected chi connectivity index (χ0v) is 16.1. The van der Waals surface area contributed by atoms with Crippen LogP contribution in [-0.2, 0) is 0 Å². The summed E-state index contributed by atoms with van der Waals surface area (Å²) in [6.45, 7) is 3.71. The standard InChI is InChI=1S/C20H21F2N7/c1-12(2)13-6-20(29-26-10-13)28-19-4-3-16-17(27-19)5-14(9-25-16)15(7-23)8-24-11-18(21)22/h3-10,12,18H,11,23H2,1-2H3,(H,27,28,29)/p+1. The maximum atomic E-state index is 12.3. The van der Waals surface area contributed by atoms with Crippen molar-refractivity contribution in [2.24, 2.45) is 5.73 Å². The fourth-order valence-corrected chi connectivity index (χ4v) is 2.61. The Kier molecular flexibility index (Phi) is 6.38. The van der Waals surface area contributed by atoms with Crippen LogP contribution < -0.4 is 16.0 Å². The molecule has 7 nitrogen and oxygen atoms in total. The third kappa shape index (κ3) is 5.28. The van der Waals surface area contributed by atoms with Crippen LogP contribution in [0.15, 0.2) is 42.9 Å². The minimum atomic E-state index is -2.45. The van der Waals surface area contributed by atoms with E-state index in [2.05, 4.69) is 44.3 Å². The van der Waals surface area contributed by atoms with E-state index >= 15 is 0 Å². The average Bonchev–Trinajstić information content (AvgIpc) is 2.70. The highest BCUT2D eigenvalue weighted by molar-refractivity contribution is 6.07. The lowest BCUT2D eigenvalue weighted by molar-refractivity contribution is -0.466. The highest BCUT2D eigenvalue weighted by atomic mass is 19.3. The molecule has 0 bridgehead atoms. The maximum Gasteiger partial charge on any atom is 0.295 e. The molecule has 0 aliphatic heterocycles. The molecule has 0 amide bonds. The van der Waals surface area contributed by atoms with Crippen LogP contribution in [0.5, 0.6) is 0 Å². The van der Waals surface area contributed by atoms with Crippen molar-refractivity contribution in [1.29, 1.82) is 0 Å². The summed E-state index contributed by atoms with van der Waals surface area (Å²) in [5.74, 6) is 1.52. The van der Waals surface area contributed by atoms with Crippen LogP contribution in [-0.4, -0.2) is 39.4 Å². The number of aromatic nitrogens is 4. The summed E-state index contributed by atoms with van der Waals surface area (Å²) in [5.41, 5.74) is 9.22. The molecule has 3 heterocycles. The van der Waals surface area contributed by atoms with Crippen molar-refractivity contribution in [3.8, 4) is 0 Å². The van der Waals surface area contributed by atoms with Gasteiger partial charge in [-0.15, -0.1) is 5.10 Å². The topological polar surface area (TPSA) is 104 Å². The number of rotatable bonds is 7. The van der Waals surface area contributed by atoms with Crippen LogP contribution in [0, 0.1) is 0 Å². The second-order valence-corrected chi connectivity index (χ2v) is 6.68. The molecule has 9 heteroatoms. The summed E-state index contributed by atoms with van der Waals surface area (Å²) >= 11 is 0. The highest BCUT2D eigenvalue weighted by Crippen LogP contribution is 2.21. The van der Waals surface area contributed by atoms with Crippen molar-refractivity contribution in [2.45, 2.75) is 26.2 Å². The maximum absolute atomic E-state index is 12.3. The molecule has 4 N–H and O–H groups in total. The van der Waals surface area contributed by atoms with E-state index in [9.17, 15) is 8.78 Å². The van der Waals surface area contributed by atoms with E-state index in [0.29, 0.717) is 39.7 Å². The van der Waals surface area contributed by atoms with Gasteiger partial charge in [-0.25, -0.2) is 18.8 Å².